The van der Waals surface area contributed by atoms with E-state index in [4.69, 9.17) is 0 Å². The molecule has 2 heteroatoms. The van der Waals surface area contributed by atoms with Gasteiger partial charge in [-0.3, -0.25) is 0 Å². The standard InChI is InChI=1S/C62H44N2/c1-33(2)49-57-45-31-43-51(35-19-7-5-8-20-35)37-23-11-13-25-39(37)53(43)55-42-28-16-18-30-48(42)64(59(45)55)62(57)50(34(3)4)58-46-32-44-52(36-21-9-6-10-22-36)38-24-12-14-26-40(38)54(44)56-41-27-15-17-29-47(41)63(60(46)56)61(49)58/h5-34,51-52H,1-4H3. The smallest absolute Gasteiger partial charge is 0.0627 e. The highest BCUT2D eigenvalue weighted by Gasteiger charge is 2.39. The summed E-state index contributed by atoms with van der Waals surface area (Å²) in [5, 5.41) is 11.1. The molecule has 15 rings (SSSR count). The maximum absolute atomic E-state index is 2.72. The Balaban J connectivity index is 1.21. The lowest BCUT2D eigenvalue weighted by atomic mass is 9.84. The average molecular weight is 817 g/mol. The number of para-hydroxylation sites is 2. The number of rotatable bonds is 4. The Morgan fingerprint density at radius 1 is 0.344 bits per heavy atom. The third-order valence-electron chi connectivity index (χ3n) is 15.6. The summed E-state index contributed by atoms with van der Waals surface area (Å²) in [5.74, 6) is 0.807. The molecule has 0 amide bonds. The average Bonchev–Trinajstić information content (AvgIpc) is 4.16. The molecule has 0 fully saturated rings. The Bertz CT molecular complexity index is 3850. The molecule has 4 aromatic heterocycles. The molecule has 2 aliphatic carbocycles. The summed E-state index contributed by atoms with van der Waals surface area (Å²) in [4.78, 5) is 0. The van der Waals surface area contributed by atoms with Gasteiger partial charge in [0.05, 0.1) is 33.1 Å². The molecule has 64 heavy (non-hydrogen) atoms. The van der Waals surface area contributed by atoms with Crippen LogP contribution in [-0.2, 0) is 0 Å². The first-order valence-corrected chi connectivity index (χ1v) is 23.2. The van der Waals surface area contributed by atoms with Gasteiger partial charge in [0.15, 0.2) is 0 Å². The molecule has 2 nitrogen and oxygen atoms in total. The van der Waals surface area contributed by atoms with Crippen LogP contribution in [0.4, 0.5) is 0 Å². The van der Waals surface area contributed by atoms with Crippen molar-refractivity contribution in [2.75, 3.05) is 0 Å². The number of hydrogen-bond donors (Lipinski definition) is 0. The van der Waals surface area contributed by atoms with Crippen LogP contribution in [0.5, 0.6) is 0 Å². The Morgan fingerprint density at radius 2 is 0.719 bits per heavy atom. The van der Waals surface area contributed by atoms with E-state index in [-0.39, 0.29) is 23.7 Å². The van der Waals surface area contributed by atoms with E-state index in [9.17, 15) is 0 Å². The van der Waals surface area contributed by atoms with Crippen molar-refractivity contribution in [3.05, 3.63) is 214 Å². The quantitative estimate of drug-likeness (QED) is 0.167. The Labute approximate surface area is 371 Å². The lowest BCUT2D eigenvalue weighted by Crippen LogP contribution is -2.01. The fraction of sp³-hybridized carbons (Fsp3) is 0.129. The molecule has 9 aromatic carbocycles. The first kappa shape index (κ1) is 35.1. The largest absolute Gasteiger partial charge is 0.308 e. The first-order chi connectivity index (χ1) is 31.5. The molecule has 0 spiro atoms. The Morgan fingerprint density at radius 3 is 1.14 bits per heavy atom. The van der Waals surface area contributed by atoms with Crippen LogP contribution in [0.1, 0.15) is 95.9 Å². The highest BCUT2D eigenvalue weighted by molar-refractivity contribution is 6.35. The Hall–Kier alpha value is -7.42. The van der Waals surface area contributed by atoms with Gasteiger partial charge in [-0.25, -0.2) is 0 Å². The van der Waals surface area contributed by atoms with Crippen LogP contribution in [0, 0.1) is 0 Å². The maximum atomic E-state index is 2.72. The van der Waals surface area contributed by atoms with Gasteiger partial charge in [-0.05, 0) is 103 Å². The van der Waals surface area contributed by atoms with Crippen LogP contribution < -0.4 is 0 Å². The lowest BCUT2D eigenvalue weighted by Gasteiger charge is -2.19. The molecule has 0 aliphatic heterocycles. The summed E-state index contributed by atoms with van der Waals surface area (Å²) in [6.07, 6.45) is 0. The van der Waals surface area contributed by atoms with Gasteiger partial charge in [0, 0.05) is 54.9 Å². The number of nitrogens with zero attached hydrogens (tertiary/aromatic N) is 2. The second-order valence-corrected chi connectivity index (χ2v) is 19.4. The normalized spacial score (nSPS) is 15.8. The SMILES string of the molecule is CC(C)c1c2c3cc4c(c5c6ccccc6n(c2c(C(C)C)c2c6cc7c(c8c9ccccc9n(c12)c68)-c1ccccc1C7c1ccccc1)c35)-c1ccccc1C4c1ccccc1. The fourth-order valence-corrected chi connectivity index (χ4v) is 13.5. The zero-order valence-corrected chi connectivity index (χ0v) is 36.4. The summed E-state index contributed by atoms with van der Waals surface area (Å²) < 4.78 is 5.43. The highest BCUT2D eigenvalue weighted by atomic mass is 14.9. The van der Waals surface area contributed by atoms with Gasteiger partial charge < -0.3 is 8.80 Å². The molecule has 0 saturated heterocycles. The molecule has 4 heterocycles. The van der Waals surface area contributed by atoms with Gasteiger partial charge in [-0.1, -0.05) is 173 Å². The Kier molecular flexibility index (Phi) is 6.68. The van der Waals surface area contributed by atoms with Crippen LogP contribution in [0.3, 0.4) is 0 Å². The van der Waals surface area contributed by atoms with Crippen LogP contribution >= 0.6 is 0 Å². The highest BCUT2D eigenvalue weighted by Crippen LogP contribution is 2.60. The van der Waals surface area contributed by atoms with Crippen LogP contribution in [-0.4, -0.2) is 8.80 Å². The molecule has 0 saturated carbocycles. The molecule has 13 aromatic rings. The molecule has 2 unspecified atom stereocenters. The zero-order valence-electron chi connectivity index (χ0n) is 36.4. The summed E-state index contributed by atoms with van der Waals surface area (Å²) in [6.45, 7) is 9.77. The van der Waals surface area contributed by atoms with Crippen molar-refractivity contribution in [3.8, 4) is 22.3 Å². The van der Waals surface area contributed by atoms with Gasteiger partial charge in [0.2, 0.25) is 0 Å². The summed E-state index contributed by atoms with van der Waals surface area (Å²) in [7, 11) is 0. The number of hydrogen-bond acceptors (Lipinski definition) is 0. The van der Waals surface area contributed by atoms with Gasteiger partial charge in [0.25, 0.3) is 0 Å². The molecule has 0 radical (unpaired) electrons. The number of fused-ring (bicyclic) bond motifs is 20. The summed E-state index contributed by atoms with van der Waals surface area (Å²) >= 11 is 0. The second kappa shape index (κ2) is 12.2. The maximum Gasteiger partial charge on any atom is 0.0627 e. The van der Waals surface area contributed by atoms with Crippen molar-refractivity contribution in [2.45, 2.75) is 51.4 Å². The van der Waals surface area contributed by atoms with E-state index >= 15 is 0 Å². The van der Waals surface area contributed by atoms with Crippen molar-refractivity contribution in [1.82, 2.24) is 8.80 Å². The van der Waals surface area contributed by atoms with Crippen LogP contribution in [0.15, 0.2) is 170 Å². The van der Waals surface area contributed by atoms with E-state index in [2.05, 4.69) is 206 Å². The van der Waals surface area contributed by atoms with Crippen molar-refractivity contribution in [2.24, 2.45) is 0 Å². The molecule has 0 bridgehead atoms. The van der Waals surface area contributed by atoms with Crippen LogP contribution in [0.25, 0.3) is 98.4 Å². The van der Waals surface area contributed by atoms with E-state index in [1.165, 1.54) is 143 Å². The summed E-state index contributed by atoms with van der Waals surface area (Å²) in [5.41, 5.74) is 24.9. The minimum absolute atomic E-state index is 0.154. The van der Waals surface area contributed by atoms with Crippen LogP contribution in [0.2, 0.25) is 0 Å². The zero-order chi connectivity index (χ0) is 42.3. The lowest BCUT2D eigenvalue weighted by molar-refractivity contribution is 0.869. The van der Waals surface area contributed by atoms with Gasteiger partial charge >= 0.3 is 0 Å². The third kappa shape index (κ3) is 4.05. The topological polar surface area (TPSA) is 8.82 Å². The van der Waals surface area contributed by atoms with Gasteiger partial charge in [-0.2, -0.15) is 0 Å². The molecule has 2 atom stereocenters. The van der Waals surface area contributed by atoms with Crippen molar-refractivity contribution in [1.29, 1.82) is 0 Å². The predicted molar refractivity (Wildman–Crippen MR) is 270 cm³/mol. The molecule has 302 valence electrons. The van der Waals surface area contributed by atoms with Gasteiger partial charge in [-0.15, -0.1) is 0 Å². The van der Waals surface area contributed by atoms with Crippen molar-refractivity contribution < 1.29 is 0 Å². The minimum Gasteiger partial charge on any atom is -0.308 e. The minimum atomic E-state index is 0.154. The number of aromatic nitrogens is 2. The van der Waals surface area contributed by atoms with Crippen molar-refractivity contribution in [3.63, 3.8) is 0 Å². The molecular formula is C62H44N2. The first-order valence-electron chi connectivity index (χ1n) is 23.2. The molecule has 2 aliphatic rings. The molecular weight excluding hydrogens is 773 g/mol. The van der Waals surface area contributed by atoms with E-state index in [0.29, 0.717) is 0 Å². The van der Waals surface area contributed by atoms with Crippen molar-refractivity contribution >= 4 is 76.2 Å². The fourth-order valence-electron chi connectivity index (χ4n) is 13.5. The van der Waals surface area contributed by atoms with E-state index in [1.54, 1.807) is 0 Å². The third-order valence-corrected chi connectivity index (χ3v) is 15.6. The second-order valence-electron chi connectivity index (χ2n) is 19.4. The van der Waals surface area contributed by atoms with Gasteiger partial charge in [0.1, 0.15) is 0 Å². The van der Waals surface area contributed by atoms with E-state index in [1.807, 2.05) is 0 Å². The van der Waals surface area contributed by atoms with E-state index in [0.717, 1.165) is 0 Å². The summed E-state index contributed by atoms with van der Waals surface area (Å²) in [6, 6.07) is 64.7. The van der Waals surface area contributed by atoms with E-state index < -0.39 is 0 Å². The monoisotopic (exact) mass is 816 g/mol. The number of benzene rings is 9. The predicted octanol–water partition coefficient (Wildman–Crippen LogP) is 16.6. The molecule has 0 N–H and O–H groups in total.